The molecule has 0 fully saturated rings. The third-order valence-electron chi connectivity index (χ3n) is 0.818. The van der Waals surface area contributed by atoms with E-state index in [2.05, 4.69) is 10.2 Å². The monoisotopic (exact) mass is 190 g/mol. The molecule has 0 radical (unpaired) electrons. The van der Waals surface area contributed by atoms with Crippen molar-refractivity contribution in [3.63, 3.8) is 0 Å². The largest absolute Gasteiger partial charge is 0.268 e. The summed E-state index contributed by atoms with van der Waals surface area (Å²) in [5, 5.41) is 5.94. The summed E-state index contributed by atoms with van der Waals surface area (Å²) in [7, 11) is 0. The first-order valence-electron chi connectivity index (χ1n) is 2.31. The minimum atomic E-state index is -0.157. The normalized spacial score (nSPS) is 8.11. The van der Waals surface area contributed by atoms with Crippen molar-refractivity contribution in [3.05, 3.63) is 28.2 Å². The van der Waals surface area contributed by atoms with Crippen LogP contribution in [0.2, 0.25) is 0 Å². The first-order chi connectivity index (χ1) is 3.79. The number of nitrogens with one attached hydrogen (secondary N) is 1. The number of halogens is 1. The van der Waals surface area contributed by atoms with Crippen molar-refractivity contribution in [1.82, 2.24) is 10.2 Å². The molecule has 0 aliphatic heterocycles. The molecule has 0 saturated heterocycles. The first-order valence-corrected chi connectivity index (χ1v) is 2.31. The van der Waals surface area contributed by atoms with Gasteiger partial charge in [-0.2, -0.15) is 5.10 Å². The zero-order chi connectivity index (χ0) is 5.98. The molecule has 0 saturated carbocycles. The fourth-order valence-electron chi connectivity index (χ4n) is 0.414. The predicted molar refractivity (Wildman–Crippen MR) is 39.9 cm³/mol. The van der Waals surface area contributed by atoms with Crippen molar-refractivity contribution in [1.29, 1.82) is 0 Å². The van der Waals surface area contributed by atoms with Crippen LogP contribution in [0.25, 0.3) is 0 Å². The van der Waals surface area contributed by atoms with E-state index in [-0.39, 0.29) is 22.5 Å². The van der Waals surface area contributed by atoms with Crippen molar-refractivity contribution < 1.29 is 0 Å². The summed E-state index contributed by atoms with van der Waals surface area (Å²) in [6.45, 7) is 1.82. The van der Waals surface area contributed by atoms with E-state index in [1.807, 2.05) is 6.92 Å². The van der Waals surface area contributed by atoms with Gasteiger partial charge in [-0.15, -0.1) is 17.0 Å². The molecule has 50 valence electrons. The van der Waals surface area contributed by atoms with Crippen LogP contribution in [0, 0.1) is 6.92 Å². The Morgan fingerprint density at radius 2 is 2.22 bits per heavy atom. The van der Waals surface area contributed by atoms with E-state index in [1.165, 1.54) is 6.07 Å². The van der Waals surface area contributed by atoms with E-state index in [0.29, 0.717) is 0 Å². The van der Waals surface area contributed by atoms with E-state index in [0.717, 1.165) is 5.69 Å². The summed E-state index contributed by atoms with van der Waals surface area (Å²) in [6, 6.07) is 3.11. The van der Waals surface area contributed by atoms with Crippen LogP contribution < -0.4 is 5.56 Å². The fraction of sp³-hybridized carbons (Fsp3) is 0.200. The van der Waals surface area contributed by atoms with Crippen molar-refractivity contribution in [2.45, 2.75) is 6.92 Å². The van der Waals surface area contributed by atoms with Crippen molar-refractivity contribution >= 4 is 17.0 Å². The highest BCUT2D eigenvalue weighted by Gasteiger charge is 1.80. The Hall–Kier alpha value is -0.640. The van der Waals surface area contributed by atoms with E-state index in [4.69, 9.17) is 0 Å². The van der Waals surface area contributed by atoms with Gasteiger partial charge in [-0.25, -0.2) is 5.10 Å². The highest BCUT2D eigenvalue weighted by molar-refractivity contribution is 8.93. The lowest BCUT2D eigenvalue weighted by molar-refractivity contribution is 0.946. The molecule has 1 N–H and O–H groups in total. The molecule has 4 heteroatoms. The third kappa shape index (κ3) is 2.41. The Kier molecular flexibility index (Phi) is 3.16. The Balaban J connectivity index is 0.000000640. The summed E-state index contributed by atoms with van der Waals surface area (Å²) < 4.78 is 0. The highest BCUT2D eigenvalue weighted by Crippen LogP contribution is 1.78. The molecule has 1 rings (SSSR count). The lowest BCUT2D eigenvalue weighted by Gasteiger charge is -1.82. The molecule has 0 aliphatic carbocycles. The zero-order valence-corrected chi connectivity index (χ0v) is 6.63. The van der Waals surface area contributed by atoms with Gasteiger partial charge in [0.25, 0.3) is 5.56 Å². The molecule has 1 aromatic rings. The number of aromatic amines is 1. The summed E-state index contributed by atoms with van der Waals surface area (Å²) in [4.78, 5) is 10.3. The first kappa shape index (κ1) is 8.36. The van der Waals surface area contributed by atoms with Gasteiger partial charge >= 0.3 is 0 Å². The van der Waals surface area contributed by atoms with Crippen LogP contribution in [-0.4, -0.2) is 10.2 Å². The number of rotatable bonds is 0. The van der Waals surface area contributed by atoms with Gasteiger partial charge in [0.1, 0.15) is 0 Å². The van der Waals surface area contributed by atoms with Gasteiger partial charge < -0.3 is 0 Å². The minimum absolute atomic E-state index is 0. The zero-order valence-electron chi connectivity index (χ0n) is 4.92. The summed E-state index contributed by atoms with van der Waals surface area (Å²) in [5.74, 6) is 0. The lowest BCUT2D eigenvalue weighted by Crippen LogP contribution is -2.05. The van der Waals surface area contributed by atoms with E-state index in [1.54, 1.807) is 6.07 Å². The fourth-order valence-corrected chi connectivity index (χ4v) is 0.414. The van der Waals surface area contributed by atoms with Crippen molar-refractivity contribution in [2.75, 3.05) is 0 Å². The number of hydrogen-bond donors (Lipinski definition) is 1. The Bertz CT molecular complexity index is 212. The maximum absolute atomic E-state index is 10.3. The molecule has 1 heterocycles. The van der Waals surface area contributed by atoms with Crippen molar-refractivity contribution in [3.8, 4) is 0 Å². The van der Waals surface area contributed by atoms with Gasteiger partial charge in [-0.05, 0) is 13.0 Å². The molecular formula is C5H7BrN2O. The maximum Gasteiger partial charge on any atom is 0.264 e. The van der Waals surface area contributed by atoms with Crippen molar-refractivity contribution in [2.24, 2.45) is 0 Å². The third-order valence-corrected chi connectivity index (χ3v) is 0.818. The molecule has 1 aromatic heterocycles. The molecule has 0 amide bonds. The highest BCUT2D eigenvalue weighted by atomic mass is 79.9. The van der Waals surface area contributed by atoms with Gasteiger partial charge in [0, 0.05) is 6.07 Å². The van der Waals surface area contributed by atoms with Crippen LogP contribution in [0.4, 0.5) is 0 Å². The Morgan fingerprint density at radius 3 is 2.56 bits per heavy atom. The van der Waals surface area contributed by atoms with Crippen LogP contribution in [0.5, 0.6) is 0 Å². The van der Waals surface area contributed by atoms with Gasteiger partial charge in [-0.3, -0.25) is 4.79 Å². The summed E-state index contributed by atoms with van der Waals surface area (Å²) in [5.41, 5.74) is 0.667. The van der Waals surface area contributed by atoms with Gasteiger partial charge in [0.15, 0.2) is 0 Å². The molecular weight excluding hydrogens is 184 g/mol. The summed E-state index contributed by atoms with van der Waals surface area (Å²) in [6.07, 6.45) is 0. The number of nitrogens with zero attached hydrogens (tertiary/aromatic N) is 1. The molecule has 0 bridgehead atoms. The Morgan fingerprint density at radius 1 is 1.56 bits per heavy atom. The lowest BCUT2D eigenvalue weighted by atomic mass is 10.4. The smallest absolute Gasteiger partial charge is 0.264 e. The Labute approximate surface area is 62.9 Å². The van der Waals surface area contributed by atoms with Crippen LogP contribution >= 0.6 is 17.0 Å². The molecule has 3 nitrogen and oxygen atoms in total. The number of aromatic nitrogens is 2. The molecule has 0 spiro atoms. The SMILES string of the molecule is Br.Cc1ccc(=O)[nH]n1. The van der Waals surface area contributed by atoms with Gasteiger partial charge in [0.05, 0.1) is 5.69 Å². The van der Waals surface area contributed by atoms with E-state index < -0.39 is 0 Å². The van der Waals surface area contributed by atoms with Gasteiger partial charge in [-0.1, -0.05) is 0 Å². The average Bonchev–Trinajstić information content (AvgIpc) is 1.77. The van der Waals surface area contributed by atoms with Crippen LogP contribution in [0.15, 0.2) is 16.9 Å². The van der Waals surface area contributed by atoms with E-state index in [9.17, 15) is 4.79 Å². The minimum Gasteiger partial charge on any atom is -0.268 e. The quantitative estimate of drug-likeness (QED) is 0.654. The topological polar surface area (TPSA) is 45.8 Å². The number of H-pyrrole nitrogens is 1. The maximum atomic E-state index is 10.3. The van der Waals surface area contributed by atoms with Crippen LogP contribution in [0.1, 0.15) is 5.69 Å². The second-order valence-electron chi connectivity index (χ2n) is 1.56. The molecule has 0 unspecified atom stereocenters. The number of hydrogen-bond acceptors (Lipinski definition) is 2. The molecule has 0 atom stereocenters. The summed E-state index contributed by atoms with van der Waals surface area (Å²) >= 11 is 0. The molecule has 0 aliphatic rings. The van der Waals surface area contributed by atoms with Crippen LogP contribution in [-0.2, 0) is 0 Å². The second kappa shape index (κ2) is 3.40. The standard InChI is InChI=1S/C5H6N2O.BrH/c1-4-2-3-5(8)7-6-4;/h2-3H,1H3,(H,7,8);1H. The number of aryl methyl sites for hydroxylation is 1. The average molecular weight is 191 g/mol. The van der Waals surface area contributed by atoms with Gasteiger partial charge in [0.2, 0.25) is 0 Å². The predicted octanol–water partition coefficient (Wildman–Crippen LogP) is 0.656. The van der Waals surface area contributed by atoms with Crippen LogP contribution in [0.3, 0.4) is 0 Å². The van der Waals surface area contributed by atoms with E-state index >= 15 is 0 Å². The second-order valence-corrected chi connectivity index (χ2v) is 1.56. The molecule has 9 heavy (non-hydrogen) atoms. The molecule has 0 aromatic carbocycles.